The summed E-state index contributed by atoms with van der Waals surface area (Å²) in [5.74, 6) is -0.0178. The topological polar surface area (TPSA) is 69.7 Å². The lowest BCUT2D eigenvalue weighted by atomic mass is 10.1. The van der Waals surface area contributed by atoms with Crippen LogP contribution in [0.25, 0.3) is 0 Å². The van der Waals surface area contributed by atoms with Crippen molar-refractivity contribution in [2.45, 2.75) is 32.6 Å². The number of carbonyl (C=O) groups is 1. The Hall–Kier alpha value is -2.54. The van der Waals surface area contributed by atoms with Gasteiger partial charge in [0.2, 0.25) is 10.0 Å². The van der Waals surface area contributed by atoms with Crippen molar-refractivity contribution in [3.63, 3.8) is 0 Å². The van der Waals surface area contributed by atoms with E-state index in [0.29, 0.717) is 29.9 Å². The van der Waals surface area contributed by atoms with Gasteiger partial charge in [0, 0.05) is 36.6 Å². The lowest BCUT2D eigenvalue weighted by Crippen LogP contribution is -2.37. The third-order valence-electron chi connectivity index (χ3n) is 5.66. The van der Waals surface area contributed by atoms with Gasteiger partial charge in [0.15, 0.2) is 0 Å². The quantitative estimate of drug-likeness (QED) is 0.828. The Morgan fingerprint density at radius 3 is 2.48 bits per heavy atom. The third-order valence-corrected chi connectivity index (χ3v) is 7.53. The molecule has 6 nitrogen and oxygen atoms in total. The van der Waals surface area contributed by atoms with Crippen LogP contribution in [0.3, 0.4) is 0 Å². The number of carbonyl (C=O) groups excluding carboxylic acids is 1. The minimum atomic E-state index is -3.28. The van der Waals surface area contributed by atoms with Gasteiger partial charge in [-0.15, -0.1) is 0 Å². The maximum atomic E-state index is 12.8. The van der Waals surface area contributed by atoms with E-state index in [4.69, 9.17) is 0 Å². The molecule has 0 radical (unpaired) electrons. The first kappa shape index (κ1) is 19.8. The molecular weight excluding hydrogens is 386 g/mol. The summed E-state index contributed by atoms with van der Waals surface area (Å²) in [6.07, 6.45) is 3.91. The van der Waals surface area contributed by atoms with Crippen molar-refractivity contribution in [3.05, 3.63) is 53.6 Å². The van der Waals surface area contributed by atoms with Crippen LogP contribution in [0, 0.1) is 6.92 Å². The number of hydrogen-bond donors (Lipinski definition) is 1. The molecule has 0 spiro atoms. The number of hydrogen-bond acceptors (Lipinski definition) is 4. The van der Waals surface area contributed by atoms with Crippen LogP contribution in [0.5, 0.6) is 0 Å². The first-order valence-electron chi connectivity index (χ1n) is 10.2. The van der Waals surface area contributed by atoms with Gasteiger partial charge >= 0.3 is 0 Å². The highest BCUT2D eigenvalue weighted by Crippen LogP contribution is 2.28. The second kappa shape index (κ2) is 8.06. The highest BCUT2D eigenvalue weighted by molar-refractivity contribution is 7.92. The van der Waals surface area contributed by atoms with Crippen LogP contribution in [0.2, 0.25) is 0 Å². The maximum absolute atomic E-state index is 12.8. The number of amides is 1. The van der Waals surface area contributed by atoms with Gasteiger partial charge in [-0.1, -0.05) is 12.1 Å². The van der Waals surface area contributed by atoms with Crippen LogP contribution >= 0.6 is 0 Å². The predicted octanol–water partition coefficient (Wildman–Crippen LogP) is 3.78. The van der Waals surface area contributed by atoms with Gasteiger partial charge in [-0.05, 0) is 68.5 Å². The van der Waals surface area contributed by atoms with Crippen molar-refractivity contribution < 1.29 is 13.2 Å². The van der Waals surface area contributed by atoms with E-state index in [1.807, 2.05) is 18.2 Å². The van der Waals surface area contributed by atoms with Crippen molar-refractivity contribution in [3.8, 4) is 0 Å². The molecule has 0 bridgehead atoms. The van der Waals surface area contributed by atoms with E-state index in [0.717, 1.165) is 25.2 Å². The number of aryl methyl sites for hydroxylation is 1. The Labute approximate surface area is 172 Å². The molecule has 0 aromatic heterocycles. The Morgan fingerprint density at radius 1 is 0.966 bits per heavy atom. The average molecular weight is 414 g/mol. The molecule has 0 atom stereocenters. The number of sulfonamides is 1. The fraction of sp³-hybridized carbons (Fsp3) is 0.409. The van der Waals surface area contributed by atoms with Crippen LogP contribution in [-0.2, 0) is 10.0 Å². The number of rotatable bonds is 4. The molecule has 4 rings (SSSR count). The molecule has 0 saturated carbocycles. The second-order valence-corrected chi connectivity index (χ2v) is 9.81. The highest BCUT2D eigenvalue weighted by atomic mass is 32.2. The summed E-state index contributed by atoms with van der Waals surface area (Å²) < 4.78 is 26.2. The minimum Gasteiger partial charge on any atom is -0.371 e. The van der Waals surface area contributed by atoms with Gasteiger partial charge < -0.3 is 10.2 Å². The molecule has 29 heavy (non-hydrogen) atoms. The van der Waals surface area contributed by atoms with Gasteiger partial charge in [0.05, 0.1) is 11.4 Å². The fourth-order valence-electron chi connectivity index (χ4n) is 4.07. The van der Waals surface area contributed by atoms with E-state index < -0.39 is 10.0 Å². The lowest BCUT2D eigenvalue weighted by molar-refractivity contribution is 0.102. The van der Waals surface area contributed by atoms with Crippen molar-refractivity contribution in [2.24, 2.45) is 0 Å². The van der Waals surface area contributed by atoms with Crippen molar-refractivity contribution in [2.75, 3.05) is 39.9 Å². The Kier molecular flexibility index (Phi) is 5.50. The Balaban J connectivity index is 1.54. The molecule has 7 heteroatoms. The summed E-state index contributed by atoms with van der Waals surface area (Å²) in [5.41, 5.74) is 4.08. The summed E-state index contributed by atoms with van der Waals surface area (Å²) in [6, 6.07) is 12.8. The maximum Gasteiger partial charge on any atom is 0.255 e. The second-order valence-electron chi connectivity index (χ2n) is 7.80. The normalized spacial score (nSPS) is 18.7. The summed E-state index contributed by atoms with van der Waals surface area (Å²) in [5, 5.41) is 2.92. The number of nitrogens with one attached hydrogen (secondary N) is 1. The molecule has 2 aliphatic rings. The predicted molar refractivity (Wildman–Crippen MR) is 117 cm³/mol. The standard InChI is InChI=1S/C22H27N3O3S/c1-17-9-10-18(15-21(17)24-11-2-3-12-24)22(26)23-19-7-6-8-20(16-19)25-13-4-5-14-29(25,27)28/h6-10,15-16H,2-5,11-14H2,1H3,(H,23,26). The first-order valence-corrected chi connectivity index (χ1v) is 11.8. The van der Waals surface area contributed by atoms with E-state index in [-0.39, 0.29) is 11.7 Å². The highest BCUT2D eigenvalue weighted by Gasteiger charge is 2.26. The Morgan fingerprint density at radius 2 is 1.72 bits per heavy atom. The van der Waals surface area contributed by atoms with Crippen LogP contribution in [-0.4, -0.2) is 39.7 Å². The molecule has 2 fully saturated rings. The van der Waals surface area contributed by atoms with Gasteiger partial charge in [-0.3, -0.25) is 9.10 Å². The van der Waals surface area contributed by atoms with Crippen molar-refractivity contribution >= 4 is 33.0 Å². The van der Waals surface area contributed by atoms with E-state index in [1.54, 1.807) is 24.3 Å². The molecule has 2 aromatic rings. The molecule has 0 unspecified atom stereocenters. The molecule has 1 N–H and O–H groups in total. The zero-order chi connectivity index (χ0) is 20.4. The van der Waals surface area contributed by atoms with E-state index in [2.05, 4.69) is 17.1 Å². The zero-order valence-electron chi connectivity index (χ0n) is 16.7. The van der Waals surface area contributed by atoms with Gasteiger partial charge in [0.1, 0.15) is 0 Å². The molecular formula is C22H27N3O3S. The number of anilines is 3. The largest absolute Gasteiger partial charge is 0.371 e. The third kappa shape index (κ3) is 4.24. The number of benzene rings is 2. The molecule has 1 amide bonds. The summed E-state index contributed by atoms with van der Waals surface area (Å²) >= 11 is 0. The number of nitrogens with zero attached hydrogens (tertiary/aromatic N) is 2. The zero-order valence-corrected chi connectivity index (χ0v) is 17.5. The SMILES string of the molecule is Cc1ccc(C(=O)Nc2cccc(N3CCCCS3(=O)=O)c2)cc1N1CCCC1. The van der Waals surface area contributed by atoms with E-state index >= 15 is 0 Å². The molecule has 0 aliphatic carbocycles. The van der Waals surface area contributed by atoms with Gasteiger partial charge in [-0.2, -0.15) is 0 Å². The van der Waals surface area contributed by atoms with Gasteiger partial charge in [0.25, 0.3) is 5.91 Å². The smallest absolute Gasteiger partial charge is 0.255 e. The summed E-state index contributed by atoms with van der Waals surface area (Å²) in [6.45, 7) is 4.60. The van der Waals surface area contributed by atoms with Crippen molar-refractivity contribution in [1.29, 1.82) is 0 Å². The lowest BCUT2D eigenvalue weighted by Gasteiger charge is -2.28. The van der Waals surface area contributed by atoms with Crippen LogP contribution < -0.4 is 14.5 Å². The van der Waals surface area contributed by atoms with E-state index in [1.165, 1.54) is 22.7 Å². The fourth-order valence-corrected chi connectivity index (χ4v) is 5.70. The average Bonchev–Trinajstić information content (AvgIpc) is 3.22. The molecule has 2 aromatic carbocycles. The van der Waals surface area contributed by atoms with Crippen LogP contribution in [0.15, 0.2) is 42.5 Å². The first-order chi connectivity index (χ1) is 13.9. The summed E-state index contributed by atoms with van der Waals surface area (Å²) in [4.78, 5) is 15.2. The van der Waals surface area contributed by atoms with Gasteiger partial charge in [-0.25, -0.2) is 8.42 Å². The molecule has 2 saturated heterocycles. The molecule has 2 aliphatic heterocycles. The molecule has 2 heterocycles. The monoisotopic (exact) mass is 413 g/mol. The van der Waals surface area contributed by atoms with Crippen molar-refractivity contribution in [1.82, 2.24) is 0 Å². The van der Waals surface area contributed by atoms with E-state index in [9.17, 15) is 13.2 Å². The molecule has 154 valence electrons. The van der Waals surface area contributed by atoms with Crippen LogP contribution in [0.4, 0.5) is 17.1 Å². The summed E-state index contributed by atoms with van der Waals surface area (Å²) in [7, 11) is -3.28. The minimum absolute atomic E-state index is 0.173. The Bertz CT molecular complexity index is 1010. The van der Waals surface area contributed by atoms with Crippen LogP contribution in [0.1, 0.15) is 41.6 Å².